The van der Waals surface area contributed by atoms with Crippen LogP contribution in [0.3, 0.4) is 0 Å². The Morgan fingerprint density at radius 1 is 1.21 bits per heavy atom. The van der Waals surface area contributed by atoms with E-state index in [4.69, 9.17) is 9.47 Å². The highest BCUT2D eigenvalue weighted by Gasteiger charge is 2.48. The first kappa shape index (κ1) is 15.1. The summed E-state index contributed by atoms with van der Waals surface area (Å²) in [5.41, 5.74) is 0.735. The number of carbonyl (C=O) groups excluding carboxylic acids is 2. The van der Waals surface area contributed by atoms with Crippen LogP contribution in [-0.4, -0.2) is 37.5 Å². The quantitative estimate of drug-likeness (QED) is 0.792. The van der Waals surface area contributed by atoms with Crippen LogP contribution in [0, 0.1) is 5.82 Å². The van der Waals surface area contributed by atoms with E-state index in [2.05, 4.69) is 5.32 Å². The minimum atomic E-state index is -1.56. The van der Waals surface area contributed by atoms with Gasteiger partial charge < -0.3 is 14.8 Å². The van der Waals surface area contributed by atoms with Crippen LogP contribution < -0.4 is 10.2 Å². The van der Waals surface area contributed by atoms with Crippen LogP contribution in [-0.2, 0) is 19.1 Å². The molecule has 1 saturated heterocycles. The second kappa shape index (κ2) is 5.57. The molecule has 0 saturated carbocycles. The fourth-order valence-electron chi connectivity index (χ4n) is 2.93. The number of nitrogens with one attached hydrogen (secondary N) is 1. The van der Waals surface area contributed by atoms with Gasteiger partial charge in [-0.2, -0.15) is 0 Å². The molecule has 1 spiro atoms. The van der Waals surface area contributed by atoms with Gasteiger partial charge >= 0.3 is 17.8 Å². The Morgan fingerprint density at radius 3 is 2.71 bits per heavy atom. The van der Waals surface area contributed by atoms with Crippen molar-refractivity contribution in [2.75, 3.05) is 24.5 Å². The summed E-state index contributed by atoms with van der Waals surface area (Å²) >= 11 is 1.38. The average molecular weight is 348 g/mol. The molecule has 1 fully saturated rings. The van der Waals surface area contributed by atoms with E-state index in [0.29, 0.717) is 13.1 Å². The lowest BCUT2D eigenvalue weighted by Crippen LogP contribution is -2.65. The number of hydrogen-bond acceptors (Lipinski definition) is 7. The maximum Gasteiger partial charge on any atom is 0.356 e. The lowest BCUT2D eigenvalue weighted by Gasteiger charge is -2.44. The molecule has 0 atom stereocenters. The van der Waals surface area contributed by atoms with Crippen LogP contribution in [0.5, 0.6) is 0 Å². The van der Waals surface area contributed by atoms with Crippen molar-refractivity contribution in [1.82, 2.24) is 5.32 Å². The zero-order chi connectivity index (χ0) is 16.7. The van der Waals surface area contributed by atoms with Gasteiger partial charge in [-0.25, -0.2) is 14.0 Å². The van der Waals surface area contributed by atoms with E-state index >= 15 is 0 Å². The average Bonchev–Trinajstić information content (AvgIpc) is 2.89. The van der Waals surface area contributed by atoms with Gasteiger partial charge in [-0.1, -0.05) is 0 Å². The van der Waals surface area contributed by atoms with Gasteiger partial charge in [0.2, 0.25) is 0 Å². The summed E-state index contributed by atoms with van der Waals surface area (Å²) in [5.74, 6) is -3.18. The highest BCUT2D eigenvalue weighted by atomic mass is 32.1. The van der Waals surface area contributed by atoms with Gasteiger partial charge in [-0.05, 0) is 18.2 Å². The van der Waals surface area contributed by atoms with E-state index in [9.17, 15) is 14.0 Å². The van der Waals surface area contributed by atoms with E-state index < -0.39 is 17.8 Å². The summed E-state index contributed by atoms with van der Waals surface area (Å²) in [6.45, 7) is 1.23. The first-order chi connectivity index (χ1) is 11.6. The van der Waals surface area contributed by atoms with Crippen molar-refractivity contribution in [2.45, 2.75) is 5.91 Å². The fourth-order valence-corrected chi connectivity index (χ4v) is 3.90. The summed E-state index contributed by atoms with van der Waals surface area (Å²) in [7, 11) is 0. The molecule has 1 aromatic carbocycles. The van der Waals surface area contributed by atoms with Crippen molar-refractivity contribution in [3.05, 3.63) is 41.5 Å². The number of nitrogens with zero attached hydrogens (tertiary/aromatic N) is 1. The zero-order valence-corrected chi connectivity index (χ0v) is 13.3. The molecule has 4 rings (SSSR count). The number of esters is 2. The third-order valence-electron chi connectivity index (χ3n) is 3.96. The lowest BCUT2D eigenvalue weighted by molar-refractivity contribution is -0.221. The molecule has 0 unspecified atom stereocenters. The van der Waals surface area contributed by atoms with E-state index in [-0.39, 0.29) is 12.4 Å². The number of fused-ring (bicyclic) bond motifs is 1. The van der Waals surface area contributed by atoms with Crippen molar-refractivity contribution >= 4 is 39.0 Å². The molecule has 6 nitrogen and oxygen atoms in total. The van der Waals surface area contributed by atoms with Gasteiger partial charge in [0.05, 0.1) is 12.2 Å². The molecule has 3 heterocycles. The molecule has 2 aliphatic heterocycles. The molecule has 2 aromatic rings. The smallest absolute Gasteiger partial charge is 0.356 e. The van der Waals surface area contributed by atoms with Crippen LogP contribution in [0.4, 0.5) is 10.1 Å². The Hall–Kier alpha value is -2.45. The van der Waals surface area contributed by atoms with Gasteiger partial charge in [-0.15, -0.1) is 11.3 Å². The molecule has 1 aromatic heterocycles. The predicted molar refractivity (Wildman–Crippen MR) is 86.1 cm³/mol. The number of rotatable bonds is 1. The van der Waals surface area contributed by atoms with Gasteiger partial charge in [0, 0.05) is 40.7 Å². The Bertz CT molecular complexity index is 843. The Labute approximate surface area is 140 Å². The molecule has 0 aliphatic carbocycles. The summed E-state index contributed by atoms with van der Waals surface area (Å²) in [4.78, 5) is 25.5. The SMILES string of the molecule is O=C1C=CC(=O)OC2(CNCCN2c2csc3cc(F)ccc23)O1. The van der Waals surface area contributed by atoms with E-state index in [0.717, 1.165) is 27.9 Å². The van der Waals surface area contributed by atoms with Crippen LogP contribution in [0.25, 0.3) is 10.1 Å². The maximum absolute atomic E-state index is 13.4. The number of carbonyl (C=O) groups is 2. The number of ether oxygens (including phenoxy) is 2. The Kier molecular flexibility index (Phi) is 3.50. The molecular weight excluding hydrogens is 335 g/mol. The Balaban J connectivity index is 1.81. The third-order valence-corrected chi connectivity index (χ3v) is 4.89. The minimum absolute atomic E-state index is 0.144. The van der Waals surface area contributed by atoms with Gasteiger partial charge in [0.25, 0.3) is 0 Å². The van der Waals surface area contributed by atoms with Crippen molar-refractivity contribution < 1.29 is 23.5 Å². The number of anilines is 1. The number of hydrogen-bond donors (Lipinski definition) is 1. The highest BCUT2D eigenvalue weighted by Crippen LogP contribution is 2.38. The monoisotopic (exact) mass is 348 g/mol. The maximum atomic E-state index is 13.4. The van der Waals surface area contributed by atoms with Gasteiger partial charge in [0.1, 0.15) is 5.82 Å². The minimum Gasteiger partial charge on any atom is -0.399 e. The fraction of sp³-hybridized carbons (Fsp3) is 0.250. The predicted octanol–water partition coefficient (Wildman–Crippen LogP) is 1.76. The standard InChI is InChI=1S/C16H13FN2O4S/c17-10-1-2-11-12(8-24-13(11)7-10)19-6-5-18-9-16(19)22-14(20)3-4-15(21)23-16/h1-4,7-8,18H,5-6,9H2. The van der Waals surface area contributed by atoms with Gasteiger partial charge in [-0.3, -0.25) is 4.90 Å². The van der Waals surface area contributed by atoms with E-state index in [1.54, 1.807) is 11.0 Å². The molecule has 8 heteroatoms. The van der Waals surface area contributed by atoms with Crippen molar-refractivity contribution in [2.24, 2.45) is 0 Å². The largest absolute Gasteiger partial charge is 0.399 e. The highest BCUT2D eigenvalue weighted by molar-refractivity contribution is 7.17. The molecule has 0 radical (unpaired) electrons. The molecular formula is C16H13FN2O4S. The van der Waals surface area contributed by atoms with Crippen molar-refractivity contribution in [3.63, 3.8) is 0 Å². The number of benzene rings is 1. The molecule has 124 valence electrons. The summed E-state index contributed by atoms with van der Waals surface area (Å²) in [6.07, 6.45) is 2.09. The first-order valence-corrected chi connectivity index (χ1v) is 8.24. The third kappa shape index (κ3) is 2.44. The van der Waals surface area contributed by atoms with Crippen LogP contribution in [0.1, 0.15) is 0 Å². The first-order valence-electron chi connectivity index (χ1n) is 7.37. The summed E-state index contributed by atoms with van der Waals surface area (Å²) in [5, 5.41) is 5.74. The lowest BCUT2D eigenvalue weighted by atomic mass is 10.2. The van der Waals surface area contributed by atoms with Crippen LogP contribution in [0.15, 0.2) is 35.7 Å². The molecule has 0 bridgehead atoms. The number of halogens is 1. The van der Waals surface area contributed by atoms with Crippen LogP contribution >= 0.6 is 11.3 Å². The Morgan fingerprint density at radius 2 is 1.96 bits per heavy atom. The molecule has 1 N–H and O–H groups in total. The number of piperazine rings is 1. The molecule has 24 heavy (non-hydrogen) atoms. The van der Waals surface area contributed by atoms with Crippen LogP contribution in [0.2, 0.25) is 0 Å². The van der Waals surface area contributed by atoms with Crippen molar-refractivity contribution in [3.8, 4) is 0 Å². The summed E-state index contributed by atoms with van der Waals surface area (Å²) in [6, 6.07) is 4.50. The van der Waals surface area contributed by atoms with Crippen molar-refractivity contribution in [1.29, 1.82) is 0 Å². The normalized spacial score (nSPS) is 20.1. The van der Waals surface area contributed by atoms with E-state index in [1.807, 2.05) is 5.38 Å². The number of thiophene rings is 1. The summed E-state index contributed by atoms with van der Waals surface area (Å²) < 4.78 is 25.1. The molecule has 2 aliphatic rings. The second-order valence-electron chi connectivity index (χ2n) is 5.48. The second-order valence-corrected chi connectivity index (χ2v) is 6.39. The van der Waals surface area contributed by atoms with Gasteiger partial charge in [0.15, 0.2) is 0 Å². The molecule has 0 amide bonds. The topological polar surface area (TPSA) is 67.9 Å². The zero-order valence-electron chi connectivity index (χ0n) is 12.5. The van der Waals surface area contributed by atoms with E-state index in [1.165, 1.54) is 23.5 Å².